The van der Waals surface area contributed by atoms with Gasteiger partial charge in [0, 0.05) is 29.7 Å². The third kappa shape index (κ3) is 3.31. The molecule has 0 aliphatic carbocycles. The molecule has 5 heteroatoms. The molecule has 2 aromatic rings. The van der Waals surface area contributed by atoms with Crippen molar-refractivity contribution >= 4 is 11.6 Å². The van der Waals surface area contributed by atoms with Crippen LogP contribution in [-0.4, -0.2) is 28.5 Å². The molecule has 1 aliphatic heterocycles. The Morgan fingerprint density at radius 2 is 1.91 bits per heavy atom. The molecule has 1 aromatic carbocycles. The van der Waals surface area contributed by atoms with Gasteiger partial charge >= 0.3 is 0 Å². The average Bonchev–Trinajstić information content (AvgIpc) is 2.57. The third-order valence-corrected chi connectivity index (χ3v) is 4.14. The molecule has 0 radical (unpaired) electrons. The lowest BCUT2D eigenvalue weighted by Crippen LogP contribution is -2.44. The molecule has 0 spiro atoms. The minimum absolute atomic E-state index is 0.0379. The first-order valence-corrected chi connectivity index (χ1v) is 7.64. The van der Waals surface area contributed by atoms with Gasteiger partial charge in [0.1, 0.15) is 6.33 Å². The van der Waals surface area contributed by atoms with Crippen LogP contribution < -0.4 is 10.6 Å². The zero-order valence-corrected chi connectivity index (χ0v) is 12.6. The first kappa shape index (κ1) is 14.7. The van der Waals surface area contributed by atoms with Crippen LogP contribution in [0.1, 0.15) is 19.8 Å². The van der Waals surface area contributed by atoms with Crippen LogP contribution in [0.3, 0.4) is 0 Å². The first-order valence-electron chi connectivity index (χ1n) is 7.64. The van der Waals surface area contributed by atoms with Gasteiger partial charge < -0.3 is 10.6 Å². The van der Waals surface area contributed by atoms with E-state index in [0.29, 0.717) is 0 Å². The SMILES string of the molecule is C[C@H]1NCCC[C@H]1C(=O)Nc1ccc(-c2cncnc2)cc1. The second-order valence-corrected chi connectivity index (χ2v) is 5.69. The Hall–Kier alpha value is -2.27. The van der Waals surface area contributed by atoms with E-state index in [4.69, 9.17) is 0 Å². The molecule has 3 rings (SSSR count). The lowest BCUT2D eigenvalue weighted by Gasteiger charge is -2.28. The average molecular weight is 296 g/mol. The lowest BCUT2D eigenvalue weighted by molar-refractivity contribution is -0.121. The molecular formula is C17H20N4O. The van der Waals surface area contributed by atoms with Crippen molar-refractivity contribution in [1.82, 2.24) is 15.3 Å². The van der Waals surface area contributed by atoms with E-state index in [1.165, 1.54) is 6.33 Å². The standard InChI is InChI=1S/C17H20N4O/c1-12-16(3-2-8-20-12)17(22)21-15-6-4-13(5-7-15)14-9-18-11-19-10-14/h4-7,9-12,16,20H,2-3,8H2,1H3,(H,21,22)/t12-,16-/m1/s1. The second kappa shape index (κ2) is 6.66. The molecule has 1 fully saturated rings. The number of piperidine rings is 1. The molecule has 22 heavy (non-hydrogen) atoms. The number of anilines is 1. The van der Waals surface area contributed by atoms with E-state index < -0.39 is 0 Å². The number of hydrogen-bond donors (Lipinski definition) is 2. The Kier molecular flexibility index (Phi) is 4.44. The summed E-state index contributed by atoms with van der Waals surface area (Å²) in [5.41, 5.74) is 2.82. The Balaban J connectivity index is 1.67. The number of amides is 1. The van der Waals surface area contributed by atoms with Crippen molar-refractivity contribution in [3.8, 4) is 11.1 Å². The van der Waals surface area contributed by atoms with Crippen molar-refractivity contribution < 1.29 is 4.79 Å². The monoisotopic (exact) mass is 296 g/mol. The van der Waals surface area contributed by atoms with E-state index in [1.54, 1.807) is 12.4 Å². The highest BCUT2D eigenvalue weighted by atomic mass is 16.1. The fraction of sp³-hybridized carbons (Fsp3) is 0.353. The van der Waals surface area contributed by atoms with Gasteiger partial charge in [-0.1, -0.05) is 12.1 Å². The van der Waals surface area contributed by atoms with E-state index >= 15 is 0 Å². The van der Waals surface area contributed by atoms with E-state index in [9.17, 15) is 4.79 Å². The first-order chi connectivity index (χ1) is 10.7. The molecule has 1 aliphatic rings. The topological polar surface area (TPSA) is 66.9 Å². The number of rotatable bonds is 3. The minimum atomic E-state index is 0.0379. The van der Waals surface area contributed by atoms with Gasteiger partial charge in [0.25, 0.3) is 0 Å². The number of carbonyl (C=O) groups is 1. The summed E-state index contributed by atoms with van der Waals surface area (Å²) in [6.07, 6.45) is 7.05. The summed E-state index contributed by atoms with van der Waals surface area (Å²) in [6, 6.07) is 8.00. The van der Waals surface area contributed by atoms with E-state index in [1.807, 2.05) is 24.3 Å². The van der Waals surface area contributed by atoms with Crippen LogP contribution >= 0.6 is 0 Å². The molecule has 0 saturated carbocycles. The summed E-state index contributed by atoms with van der Waals surface area (Å²) < 4.78 is 0. The van der Waals surface area contributed by atoms with Crippen molar-refractivity contribution in [3.05, 3.63) is 43.0 Å². The largest absolute Gasteiger partial charge is 0.326 e. The second-order valence-electron chi connectivity index (χ2n) is 5.69. The minimum Gasteiger partial charge on any atom is -0.326 e. The lowest BCUT2D eigenvalue weighted by atomic mass is 9.91. The maximum Gasteiger partial charge on any atom is 0.229 e. The number of aromatic nitrogens is 2. The normalized spacial score (nSPS) is 21.3. The maximum atomic E-state index is 12.4. The van der Waals surface area contributed by atoms with Crippen LogP contribution in [-0.2, 0) is 4.79 Å². The smallest absolute Gasteiger partial charge is 0.229 e. The van der Waals surface area contributed by atoms with Crippen LogP contribution in [0.25, 0.3) is 11.1 Å². The molecule has 0 unspecified atom stereocenters. The van der Waals surface area contributed by atoms with Gasteiger partial charge in [0.05, 0.1) is 5.92 Å². The highest BCUT2D eigenvalue weighted by Crippen LogP contribution is 2.22. The Bertz CT molecular complexity index is 627. The van der Waals surface area contributed by atoms with Crippen molar-refractivity contribution in [2.24, 2.45) is 5.92 Å². The molecule has 2 N–H and O–H groups in total. The number of nitrogens with zero attached hydrogens (tertiary/aromatic N) is 2. The molecule has 5 nitrogen and oxygen atoms in total. The Morgan fingerprint density at radius 3 is 2.59 bits per heavy atom. The maximum absolute atomic E-state index is 12.4. The van der Waals surface area contributed by atoms with E-state index in [-0.39, 0.29) is 17.9 Å². The van der Waals surface area contributed by atoms with E-state index in [2.05, 4.69) is 27.5 Å². The van der Waals surface area contributed by atoms with Gasteiger partial charge in [0.2, 0.25) is 5.91 Å². The summed E-state index contributed by atoms with van der Waals surface area (Å²) in [6.45, 7) is 3.07. The predicted octanol–water partition coefficient (Wildman–Crippen LogP) is 2.47. The summed E-state index contributed by atoms with van der Waals surface area (Å²) in [4.78, 5) is 20.4. The predicted molar refractivity (Wildman–Crippen MR) is 86.3 cm³/mol. The number of nitrogens with one attached hydrogen (secondary N) is 2. The van der Waals surface area contributed by atoms with Crippen molar-refractivity contribution in [1.29, 1.82) is 0 Å². The van der Waals surface area contributed by atoms with Gasteiger partial charge in [-0.05, 0) is 44.0 Å². The molecule has 2 atom stereocenters. The third-order valence-electron chi connectivity index (χ3n) is 4.14. The number of carbonyl (C=O) groups excluding carboxylic acids is 1. The van der Waals surface area contributed by atoms with Crippen LogP contribution in [0.5, 0.6) is 0 Å². The van der Waals surface area contributed by atoms with Crippen molar-refractivity contribution in [2.45, 2.75) is 25.8 Å². The van der Waals surface area contributed by atoms with Gasteiger partial charge in [-0.2, -0.15) is 0 Å². The number of hydrogen-bond acceptors (Lipinski definition) is 4. The van der Waals surface area contributed by atoms with Crippen LogP contribution in [0.4, 0.5) is 5.69 Å². The molecular weight excluding hydrogens is 276 g/mol. The van der Waals surface area contributed by atoms with Crippen LogP contribution in [0.2, 0.25) is 0 Å². The highest BCUT2D eigenvalue weighted by molar-refractivity contribution is 5.93. The summed E-state index contributed by atoms with van der Waals surface area (Å²) in [7, 11) is 0. The van der Waals surface area contributed by atoms with Gasteiger partial charge in [-0.25, -0.2) is 9.97 Å². The summed E-state index contributed by atoms with van der Waals surface area (Å²) >= 11 is 0. The number of benzene rings is 1. The Labute approximate surface area is 130 Å². The zero-order chi connectivity index (χ0) is 15.4. The van der Waals surface area contributed by atoms with Crippen LogP contribution in [0.15, 0.2) is 43.0 Å². The molecule has 1 aromatic heterocycles. The summed E-state index contributed by atoms with van der Waals surface area (Å²) in [5, 5.41) is 6.37. The molecule has 2 heterocycles. The van der Waals surface area contributed by atoms with E-state index in [0.717, 1.165) is 36.2 Å². The fourth-order valence-electron chi connectivity index (χ4n) is 2.83. The van der Waals surface area contributed by atoms with Gasteiger partial charge in [0.15, 0.2) is 0 Å². The fourth-order valence-corrected chi connectivity index (χ4v) is 2.83. The highest BCUT2D eigenvalue weighted by Gasteiger charge is 2.27. The van der Waals surface area contributed by atoms with Crippen molar-refractivity contribution in [3.63, 3.8) is 0 Å². The molecule has 114 valence electrons. The summed E-state index contributed by atoms with van der Waals surface area (Å²) in [5.74, 6) is 0.131. The molecule has 1 saturated heterocycles. The molecule has 1 amide bonds. The van der Waals surface area contributed by atoms with Crippen molar-refractivity contribution in [2.75, 3.05) is 11.9 Å². The van der Waals surface area contributed by atoms with Gasteiger partial charge in [-0.3, -0.25) is 4.79 Å². The quantitative estimate of drug-likeness (QED) is 0.913. The zero-order valence-electron chi connectivity index (χ0n) is 12.6. The Morgan fingerprint density at radius 1 is 1.18 bits per heavy atom. The van der Waals surface area contributed by atoms with Crippen LogP contribution in [0, 0.1) is 5.92 Å². The molecule has 0 bridgehead atoms. The van der Waals surface area contributed by atoms with Gasteiger partial charge in [-0.15, -0.1) is 0 Å².